The summed E-state index contributed by atoms with van der Waals surface area (Å²) in [7, 11) is 0. The van der Waals surface area contributed by atoms with Crippen molar-refractivity contribution < 1.29 is 0 Å². The van der Waals surface area contributed by atoms with Gasteiger partial charge in [-0.05, 0) is 29.9 Å². The lowest BCUT2D eigenvalue weighted by atomic mass is 10.1. The van der Waals surface area contributed by atoms with Crippen LogP contribution < -0.4 is 0 Å². The van der Waals surface area contributed by atoms with Crippen LogP contribution in [0.3, 0.4) is 0 Å². The average Bonchev–Trinajstić information content (AvgIpc) is 3.18. The SMILES string of the molecule is CCCCCCCCCCCCSC(Cn1ccnc1)c1ccc(Cl)cc1Cl. The lowest BCUT2D eigenvalue weighted by Gasteiger charge is -2.19. The molecule has 0 radical (unpaired) electrons. The molecule has 2 aromatic rings. The van der Waals surface area contributed by atoms with Crippen LogP contribution in [0.25, 0.3) is 0 Å². The van der Waals surface area contributed by atoms with Crippen LogP contribution in [0.2, 0.25) is 10.0 Å². The van der Waals surface area contributed by atoms with Gasteiger partial charge in [-0.1, -0.05) is 94.0 Å². The van der Waals surface area contributed by atoms with E-state index >= 15 is 0 Å². The Morgan fingerprint density at radius 1 is 0.964 bits per heavy atom. The maximum Gasteiger partial charge on any atom is 0.0946 e. The maximum atomic E-state index is 6.48. The predicted octanol–water partition coefficient (Wildman–Crippen LogP) is 8.59. The Kier molecular flexibility index (Phi) is 12.1. The van der Waals surface area contributed by atoms with Gasteiger partial charge in [-0.15, -0.1) is 0 Å². The summed E-state index contributed by atoms with van der Waals surface area (Å²) in [6.45, 7) is 3.16. The fourth-order valence-electron chi connectivity index (χ4n) is 3.40. The van der Waals surface area contributed by atoms with Gasteiger partial charge in [-0.2, -0.15) is 11.8 Å². The van der Waals surface area contributed by atoms with E-state index in [0.29, 0.717) is 10.3 Å². The first kappa shape index (κ1) is 23.6. The van der Waals surface area contributed by atoms with Gasteiger partial charge in [0, 0.05) is 34.2 Å². The summed E-state index contributed by atoms with van der Waals surface area (Å²) in [5, 5.41) is 1.76. The van der Waals surface area contributed by atoms with Gasteiger partial charge >= 0.3 is 0 Å². The van der Waals surface area contributed by atoms with Gasteiger partial charge in [-0.25, -0.2) is 4.98 Å². The van der Waals surface area contributed by atoms with Crippen LogP contribution in [0.5, 0.6) is 0 Å². The zero-order chi connectivity index (χ0) is 20.0. The highest BCUT2D eigenvalue weighted by molar-refractivity contribution is 7.99. The molecule has 0 saturated heterocycles. The van der Waals surface area contributed by atoms with Crippen LogP contribution in [-0.4, -0.2) is 15.3 Å². The van der Waals surface area contributed by atoms with Crippen molar-refractivity contribution in [3.8, 4) is 0 Å². The summed E-state index contributed by atoms with van der Waals surface area (Å²) in [6.07, 6.45) is 19.4. The molecule has 1 aromatic carbocycles. The monoisotopic (exact) mass is 440 g/mol. The van der Waals surface area contributed by atoms with Crippen molar-refractivity contribution in [2.24, 2.45) is 0 Å². The molecule has 0 bridgehead atoms. The molecule has 0 spiro atoms. The van der Waals surface area contributed by atoms with E-state index in [1.165, 1.54) is 64.2 Å². The van der Waals surface area contributed by atoms with Gasteiger partial charge in [0.1, 0.15) is 0 Å². The molecule has 2 rings (SSSR count). The lowest BCUT2D eigenvalue weighted by Crippen LogP contribution is -2.06. The second-order valence-electron chi connectivity index (χ2n) is 7.47. The molecule has 0 amide bonds. The number of rotatable bonds is 15. The molecule has 28 heavy (non-hydrogen) atoms. The van der Waals surface area contributed by atoms with E-state index in [4.69, 9.17) is 23.2 Å². The molecular weight excluding hydrogens is 407 g/mol. The predicted molar refractivity (Wildman–Crippen MR) is 126 cm³/mol. The van der Waals surface area contributed by atoms with Crippen LogP contribution in [-0.2, 0) is 6.54 Å². The standard InChI is InChI=1S/C23H34Cl2N2S/c1-2-3-4-5-6-7-8-9-10-11-16-28-23(18-27-15-14-26-19-27)21-13-12-20(24)17-22(21)25/h12-15,17,19,23H,2-11,16,18H2,1H3. The van der Waals surface area contributed by atoms with E-state index in [-0.39, 0.29) is 0 Å². The summed E-state index contributed by atoms with van der Waals surface area (Å²) in [5.74, 6) is 1.16. The quantitative estimate of drug-likeness (QED) is 0.258. The first-order chi connectivity index (χ1) is 13.7. The van der Waals surface area contributed by atoms with Crippen molar-refractivity contribution in [3.63, 3.8) is 0 Å². The lowest BCUT2D eigenvalue weighted by molar-refractivity contribution is 0.563. The number of thioether (sulfide) groups is 1. The van der Waals surface area contributed by atoms with E-state index in [1.807, 2.05) is 42.6 Å². The minimum absolute atomic E-state index is 0.317. The highest BCUT2D eigenvalue weighted by atomic mass is 35.5. The molecular formula is C23H34Cl2N2S. The average molecular weight is 442 g/mol. The molecule has 0 fully saturated rings. The van der Waals surface area contributed by atoms with Crippen LogP contribution in [0.4, 0.5) is 0 Å². The number of halogens is 2. The Bertz CT molecular complexity index is 646. The highest BCUT2D eigenvalue weighted by Crippen LogP contribution is 2.36. The van der Waals surface area contributed by atoms with Gasteiger partial charge in [0.25, 0.3) is 0 Å². The van der Waals surface area contributed by atoms with Crippen LogP contribution >= 0.6 is 35.0 Å². The summed E-state index contributed by atoms with van der Waals surface area (Å²) >= 11 is 14.6. The van der Waals surface area contributed by atoms with Crippen LogP contribution in [0.1, 0.15) is 81.9 Å². The first-order valence-electron chi connectivity index (χ1n) is 10.7. The van der Waals surface area contributed by atoms with E-state index in [2.05, 4.69) is 22.5 Å². The summed E-state index contributed by atoms with van der Waals surface area (Å²) in [6, 6.07) is 5.85. The second kappa shape index (κ2) is 14.4. The zero-order valence-electron chi connectivity index (χ0n) is 17.1. The van der Waals surface area contributed by atoms with Crippen molar-refractivity contribution in [2.75, 3.05) is 5.75 Å². The van der Waals surface area contributed by atoms with Crippen LogP contribution in [0, 0.1) is 0 Å². The summed E-state index contributed by atoms with van der Waals surface area (Å²) in [4.78, 5) is 4.17. The molecule has 2 nitrogen and oxygen atoms in total. The fourth-order valence-corrected chi connectivity index (χ4v) is 5.33. The first-order valence-corrected chi connectivity index (χ1v) is 12.5. The third-order valence-corrected chi connectivity index (χ3v) is 6.95. The van der Waals surface area contributed by atoms with Crippen molar-refractivity contribution in [1.29, 1.82) is 0 Å². The largest absolute Gasteiger partial charge is 0.336 e. The number of benzene rings is 1. The minimum atomic E-state index is 0.317. The van der Waals surface area contributed by atoms with E-state index in [0.717, 1.165) is 22.9 Å². The summed E-state index contributed by atoms with van der Waals surface area (Å²) in [5.41, 5.74) is 1.16. The topological polar surface area (TPSA) is 17.8 Å². The molecule has 0 aliphatic carbocycles. The normalized spacial score (nSPS) is 12.4. The Morgan fingerprint density at radius 3 is 2.25 bits per heavy atom. The van der Waals surface area contributed by atoms with Gasteiger partial charge in [0.15, 0.2) is 0 Å². The highest BCUT2D eigenvalue weighted by Gasteiger charge is 2.16. The number of aromatic nitrogens is 2. The van der Waals surface area contributed by atoms with E-state index in [9.17, 15) is 0 Å². The Balaban J connectivity index is 1.69. The van der Waals surface area contributed by atoms with Gasteiger partial charge in [0.2, 0.25) is 0 Å². The van der Waals surface area contributed by atoms with E-state index in [1.54, 1.807) is 0 Å². The number of nitrogens with zero attached hydrogens (tertiary/aromatic N) is 2. The third kappa shape index (κ3) is 9.24. The van der Waals surface area contributed by atoms with Crippen molar-refractivity contribution in [3.05, 3.63) is 52.5 Å². The van der Waals surface area contributed by atoms with Gasteiger partial charge in [0.05, 0.1) is 6.33 Å². The molecule has 0 N–H and O–H groups in total. The fraction of sp³-hybridized carbons (Fsp3) is 0.609. The number of hydrogen-bond acceptors (Lipinski definition) is 2. The molecule has 0 aliphatic heterocycles. The minimum Gasteiger partial charge on any atom is -0.336 e. The molecule has 1 atom stereocenters. The molecule has 156 valence electrons. The molecule has 0 saturated carbocycles. The zero-order valence-corrected chi connectivity index (χ0v) is 19.4. The smallest absolute Gasteiger partial charge is 0.0946 e. The molecule has 1 heterocycles. The van der Waals surface area contributed by atoms with Crippen molar-refractivity contribution in [2.45, 2.75) is 82.9 Å². The van der Waals surface area contributed by atoms with Gasteiger partial charge < -0.3 is 4.57 Å². The molecule has 5 heteroatoms. The number of hydrogen-bond donors (Lipinski definition) is 0. The van der Waals surface area contributed by atoms with Crippen molar-refractivity contribution >= 4 is 35.0 Å². The second-order valence-corrected chi connectivity index (χ2v) is 9.62. The summed E-state index contributed by atoms with van der Waals surface area (Å²) < 4.78 is 2.13. The van der Waals surface area contributed by atoms with E-state index < -0.39 is 0 Å². The maximum absolute atomic E-state index is 6.48. The van der Waals surface area contributed by atoms with Gasteiger partial charge in [-0.3, -0.25) is 0 Å². The third-order valence-electron chi connectivity index (χ3n) is 5.06. The number of unbranched alkanes of at least 4 members (excludes halogenated alkanes) is 9. The number of imidazole rings is 1. The molecule has 1 aromatic heterocycles. The Morgan fingerprint density at radius 2 is 1.64 bits per heavy atom. The van der Waals surface area contributed by atoms with Crippen molar-refractivity contribution in [1.82, 2.24) is 9.55 Å². The molecule has 1 unspecified atom stereocenters. The van der Waals surface area contributed by atoms with Crippen LogP contribution in [0.15, 0.2) is 36.9 Å². The Labute approximate surface area is 185 Å². The Hall–Kier alpha value is -0.640. The molecule has 0 aliphatic rings.